The molecule has 0 spiro atoms. The first-order valence-electron chi connectivity index (χ1n) is 9.92. The van der Waals surface area contributed by atoms with Crippen LogP contribution in [0.4, 0.5) is 0 Å². The molecule has 1 aliphatic rings. The Morgan fingerprint density at radius 3 is 2.59 bits per heavy atom. The Morgan fingerprint density at radius 2 is 1.90 bits per heavy atom. The molecule has 0 unspecified atom stereocenters. The maximum Gasteiger partial charge on any atom is 0.307 e. The first kappa shape index (κ1) is 21.4. The number of carbonyl (C=O) groups excluding carboxylic acids is 2. The first-order valence-corrected chi connectivity index (χ1v) is 10.9. The molecule has 156 valence electrons. The van der Waals surface area contributed by atoms with Crippen LogP contribution in [-0.2, 0) is 20.9 Å². The van der Waals surface area contributed by atoms with E-state index in [1.807, 2.05) is 11.0 Å². The van der Waals surface area contributed by atoms with E-state index in [2.05, 4.69) is 18.8 Å². The van der Waals surface area contributed by atoms with Gasteiger partial charge < -0.3 is 9.64 Å². The molecule has 7 nitrogen and oxygen atoms in total. The molecule has 0 radical (unpaired) electrons. The number of thioether (sulfide) groups is 1. The number of carbonyl (C=O) groups is 2. The molecule has 0 bridgehead atoms. The van der Waals surface area contributed by atoms with Gasteiger partial charge in [-0.25, -0.2) is 4.98 Å². The fourth-order valence-corrected chi connectivity index (χ4v) is 4.77. The van der Waals surface area contributed by atoms with Gasteiger partial charge in [0, 0.05) is 18.6 Å². The lowest BCUT2D eigenvalue weighted by Crippen LogP contribution is -2.48. The maximum atomic E-state index is 13.0. The van der Waals surface area contributed by atoms with Crippen LogP contribution in [0.25, 0.3) is 10.9 Å². The summed E-state index contributed by atoms with van der Waals surface area (Å²) < 4.78 is 6.17. The van der Waals surface area contributed by atoms with Gasteiger partial charge in [0.1, 0.15) is 0 Å². The average Bonchev–Trinajstić information content (AvgIpc) is 2.71. The SMILES string of the molecule is COC(=O)CCn1c(SCC(=O)N2[C@H](C)CCC[C@H]2C)nc2ccccc2c1=O. The van der Waals surface area contributed by atoms with Gasteiger partial charge in [-0.3, -0.25) is 19.0 Å². The number of likely N-dealkylation sites (tertiary alicyclic amines) is 1. The molecular formula is C21H27N3O4S. The van der Waals surface area contributed by atoms with Crippen molar-refractivity contribution in [3.05, 3.63) is 34.6 Å². The molecule has 1 aromatic heterocycles. The van der Waals surface area contributed by atoms with E-state index in [-0.39, 0.29) is 42.3 Å². The van der Waals surface area contributed by atoms with Crippen LogP contribution in [0, 0.1) is 0 Å². The molecule has 0 saturated carbocycles. The molecule has 1 amide bonds. The predicted octanol–water partition coefficient (Wildman–Crippen LogP) is 2.84. The van der Waals surface area contributed by atoms with Crippen LogP contribution < -0.4 is 5.56 Å². The minimum Gasteiger partial charge on any atom is -0.469 e. The lowest BCUT2D eigenvalue weighted by molar-refractivity contribution is -0.141. The van der Waals surface area contributed by atoms with Crippen LogP contribution in [0.2, 0.25) is 0 Å². The van der Waals surface area contributed by atoms with Crippen LogP contribution in [0.1, 0.15) is 39.5 Å². The number of hydrogen-bond donors (Lipinski definition) is 0. The largest absolute Gasteiger partial charge is 0.469 e. The van der Waals surface area contributed by atoms with Gasteiger partial charge in [-0.1, -0.05) is 23.9 Å². The fourth-order valence-electron chi connectivity index (χ4n) is 3.87. The van der Waals surface area contributed by atoms with E-state index in [9.17, 15) is 14.4 Å². The summed E-state index contributed by atoms with van der Waals surface area (Å²) in [4.78, 5) is 44.0. The smallest absolute Gasteiger partial charge is 0.307 e. The van der Waals surface area contributed by atoms with Crippen molar-refractivity contribution < 1.29 is 14.3 Å². The van der Waals surface area contributed by atoms with Crippen molar-refractivity contribution in [3.63, 3.8) is 0 Å². The van der Waals surface area contributed by atoms with E-state index in [0.717, 1.165) is 19.3 Å². The molecule has 2 aromatic rings. The molecule has 1 aliphatic heterocycles. The number of amides is 1. The van der Waals surface area contributed by atoms with Crippen molar-refractivity contribution in [2.75, 3.05) is 12.9 Å². The second kappa shape index (κ2) is 9.43. The lowest BCUT2D eigenvalue weighted by Gasteiger charge is -2.39. The van der Waals surface area contributed by atoms with Gasteiger partial charge in [0.25, 0.3) is 5.56 Å². The predicted molar refractivity (Wildman–Crippen MR) is 113 cm³/mol. The number of ether oxygens (including phenoxy) is 1. The maximum absolute atomic E-state index is 13.0. The highest BCUT2D eigenvalue weighted by molar-refractivity contribution is 7.99. The monoisotopic (exact) mass is 417 g/mol. The highest BCUT2D eigenvalue weighted by Crippen LogP contribution is 2.25. The molecule has 1 fully saturated rings. The number of nitrogens with zero attached hydrogens (tertiary/aromatic N) is 3. The van der Waals surface area contributed by atoms with E-state index in [4.69, 9.17) is 4.74 Å². The zero-order valence-electron chi connectivity index (χ0n) is 17.1. The summed E-state index contributed by atoms with van der Waals surface area (Å²) in [6.07, 6.45) is 3.23. The van der Waals surface area contributed by atoms with Crippen molar-refractivity contribution in [1.82, 2.24) is 14.5 Å². The third kappa shape index (κ3) is 4.80. The van der Waals surface area contributed by atoms with E-state index in [1.165, 1.54) is 23.4 Å². The third-order valence-corrected chi connectivity index (χ3v) is 6.36. The van der Waals surface area contributed by atoms with Gasteiger partial charge in [0.2, 0.25) is 5.91 Å². The molecule has 0 N–H and O–H groups in total. The summed E-state index contributed by atoms with van der Waals surface area (Å²) in [6.45, 7) is 4.33. The number of aromatic nitrogens is 2. The quantitative estimate of drug-likeness (QED) is 0.408. The Labute approximate surface area is 174 Å². The van der Waals surface area contributed by atoms with Gasteiger partial charge in [-0.15, -0.1) is 0 Å². The van der Waals surface area contributed by atoms with Gasteiger partial charge in [-0.05, 0) is 45.2 Å². The molecule has 2 heterocycles. The Hall–Kier alpha value is -2.35. The Kier molecular flexibility index (Phi) is 6.95. The number of fused-ring (bicyclic) bond motifs is 1. The van der Waals surface area contributed by atoms with Crippen molar-refractivity contribution in [3.8, 4) is 0 Å². The van der Waals surface area contributed by atoms with E-state index in [0.29, 0.717) is 16.1 Å². The molecule has 8 heteroatoms. The molecular weight excluding hydrogens is 390 g/mol. The second-order valence-corrected chi connectivity index (χ2v) is 8.36. The van der Waals surface area contributed by atoms with E-state index in [1.54, 1.807) is 18.2 Å². The normalized spacial score (nSPS) is 19.3. The lowest BCUT2D eigenvalue weighted by atomic mass is 9.98. The zero-order valence-corrected chi connectivity index (χ0v) is 17.9. The molecule has 29 heavy (non-hydrogen) atoms. The Bertz CT molecular complexity index is 949. The van der Waals surface area contributed by atoms with Gasteiger partial charge in [0.05, 0.1) is 30.2 Å². The average molecular weight is 418 g/mol. The second-order valence-electron chi connectivity index (χ2n) is 7.41. The number of piperidine rings is 1. The molecule has 1 aromatic carbocycles. The first-order chi connectivity index (χ1) is 13.9. The Morgan fingerprint density at radius 1 is 1.21 bits per heavy atom. The van der Waals surface area contributed by atoms with Gasteiger partial charge >= 0.3 is 5.97 Å². The van der Waals surface area contributed by atoms with E-state index < -0.39 is 5.97 Å². The topological polar surface area (TPSA) is 81.5 Å². The molecule has 1 saturated heterocycles. The van der Waals surface area contributed by atoms with Crippen LogP contribution in [0.5, 0.6) is 0 Å². The molecule has 3 rings (SSSR count). The highest BCUT2D eigenvalue weighted by atomic mass is 32.2. The Balaban J connectivity index is 1.85. The summed E-state index contributed by atoms with van der Waals surface area (Å²) in [5, 5.41) is 0.939. The van der Waals surface area contributed by atoms with Crippen LogP contribution in [-0.4, -0.2) is 51.3 Å². The van der Waals surface area contributed by atoms with Crippen molar-refractivity contribution in [2.24, 2.45) is 0 Å². The van der Waals surface area contributed by atoms with Crippen LogP contribution >= 0.6 is 11.8 Å². The van der Waals surface area contributed by atoms with Crippen LogP contribution in [0.3, 0.4) is 0 Å². The number of rotatable bonds is 6. The highest BCUT2D eigenvalue weighted by Gasteiger charge is 2.29. The van der Waals surface area contributed by atoms with Crippen molar-refractivity contribution in [2.45, 2.75) is 63.3 Å². The number of benzene rings is 1. The summed E-state index contributed by atoms with van der Waals surface area (Å²) in [5.74, 6) is -0.137. The van der Waals surface area contributed by atoms with Gasteiger partial charge in [-0.2, -0.15) is 0 Å². The number of hydrogen-bond acceptors (Lipinski definition) is 6. The molecule has 2 atom stereocenters. The van der Waals surface area contributed by atoms with Crippen molar-refractivity contribution in [1.29, 1.82) is 0 Å². The number of esters is 1. The van der Waals surface area contributed by atoms with Crippen LogP contribution in [0.15, 0.2) is 34.2 Å². The summed E-state index contributed by atoms with van der Waals surface area (Å²) in [5.41, 5.74) is 0.371. The van der Waals surface area contributed by atoms with E-state index >= 15 is 0 Å². The zero-order chi connectivity index (χ0) is 21.0. The third-order valence-electron chi connectivity index (χ3n) is 5.40. The minimum absolute atomic E-state index is 0.0524. The summed E-state index contributed by atoms with van der Waals surface area (Å²) in [7, 11) is 1.32. The standard InChI is InChI=1S/C21H27N3O4S/c1-14-7-6-8-15(2)24(14)18(25)13-29-21-22-17-10-5-4-9-16(17)20(27)23(21)12-11-19(26)28-3/h4-5,9-10,14-15H,6-8,11-13H2,1-3H3/t14-,15-/m1/s1. The summed E-state index contributed by atoms with van der Waals surface area (Å²) in [6, 6.07) is 7.55. The minimum atomic E-state index is -0.395. The fraction of sp³-hybridized carbons (Fsp3) is 0.524. The molecule has 0 aliphatic carbocycles. The summed E-state index contributed by atoms with van der Waals surface area (Å²) >= 11 is 1.25. The van der Waals surface area contributed by atoms with Crippen molar-refractivity contribution >= 4 is 34.5 Å². The number of methoxy groups -OCH3 is 1. The number of para-hydroxylation sites is 1. The van der Waals surface area contributed by atoms with Gasteiger partial charge in [0.15, 0.2) is 5.16 Å².